The Morgan fingerprint density at radius 1 is 0.347 bits per heavy atom. The van der Waals surface area contributed by atoms with Crippen molar-refractivity contribution >= 4 is 39.5 Å². The van der Waals surface area contributed by atoms with E-state index in [2.05, 4.69) is 72.8 Å². The second kappa shape index (κ2) is 66.1. The Hall–Kier alpha value is -2.46. The minimum absolute atomic E-state index is 0.0990. The molecule has 0 aromatic rings. The maximum atomic E-state index is 13.1. The number of esters is 4. The molecule has 0 radical (unpaired) electrons. The SMILES string of the molecule is CCCCCC/C=C\C=C/CCCCCCCC(=O)OC[C@H](COP(=O)(O)OC[C@@H](O)COP(=O)(O)OC[C@@H](COC(=O)CCCCCCCCC(C)C)OC(=O)CCCCCCCCCCCCCCCCC(C)C)OC(=O)CCCCCCCCCCCCC(C)CC. The van der Waals surface area contributed by atoms with Crippen LogP contribution in [0.15, 0.2) is 24.3 Å². The third-order valence-corrected chi connectivity index (χ3v) is 19.3. The minimum atomic E-state index is -4.96. The van der Waals surface area contributed by atoms with Gasteiger partial charge in [-0.15, -0.1) is 0 Å². The highest BCUT2D eigenvalue weighted by Gasteiger charge is 2.30. The van der Waals surface area contributed by atoms with Crippen LogP contribution in [0.5, 0.6) is 0 Å². The fourth-order valence-electron chi connectivity index (χ4n) is 11.0. The Bertz CT molecular complexity index is 1950. The Kier molecular flexibility index (Phi) is 64.4. The van der Waals surface area contributed by atoms with Crippen LogP contribution in [0, 0.1) is 17.8 Å². The van der Waals surface area contributed by atoms with Crippen molar-refractivity contribution in [3.05, 3.63) is 24.3 Å². The van der Waals surface area contributed by atoms with Crippen LogP contribution in [0.25, 0.3) is 0 Å². The number of carbonyl (C=O) groups is 4. The monoisotopic (exact) mass is 1390 g/mol. The van der Waals surface area contributed by atoms with Crippen molar-refractivity contribution in [3.8, 4) is 0 Å². The second-order valence-corrected chi connectivity index (χ2v) is 30.8. The number of allylic oxidation sites excluding steroid dienone is 4. The van der Waals surface area contributed by atoms with E-state index < -0.39 is 97.5 Å². The third-order valence-electron chi connectivity index (χ3n) is 17.4. The van der Waals surface area contributed by atoms with Gasteiger partial charge in [-0.1, -0.05) is 310 Å². The van der Waals surface area contributed by atoms with Crippen LogP contribution in [0.4, 0.5) is 0 Å². The van der Waals surface area contributed by atoms with Gasteiger partial charge in [0.15, 0.2) is 12.2 Å². The molecular formula is C76H144O17P2. The zero-order valence-corrected chi connectivity index (χ0v) is 63.4. The highest BCUT2D eigenvalue weighted by molar-refractivity contribution is 7.47. The Balaban J connectivity index is 5.27. The molecule has 3 N–H and O–H groups in total. The van der Waals surface area contributed by atoms with Crippen molar-refractivity contribution in [2.45, 2.75) is 381 Å². The van der Waals surface area contributed by atoms with Crippen molar-refractivity contribution in [2.24, 2.45) is 17.8 Å². The molecule has 95 heavy (non-hydrogen) atoms. The van der Waals surface area contributed by atoms with Crippen molar-refractivity contribution in [3.63, 3.8) is 0 Å². The van der Waals surface area contributed by atoms with Gasteiger partial charge < -0.3 is 33.8 Å². The minimum Gasteiger partial charge on any atom is -0.462 e. The average Bonchev–Trinajstić information content (AvgIpc) is 2.01. The van der Waals surface area contributed by atoms with E-state index in [-0.39, 0.29) is 25.7 Å². The topological polar surface area (TPSA) is 237 Å². The Labute approximate surface area is 580 Å². The predicted octanol–water partition coefficient (Wildman–Crippen LogP) is 21.7. The number of rotatable bonds is 72. The molecule has 19 heteroatoms. The van der Waals surface area contributed by atoms with Crippen LogP contribution in [0.3, 0.4) is 0 Å². The van der Waals surface area contributed by atoms with E-state index in [1.54, 1.807) is 0 Å². The summed E-state index contributed by atoms with van der Waals surface area (Å²) in [6.45, 7) is 11.8. The summed E-state index contributed by atoms with van der Waals surface area (Å²) in [5.74, 6) is 0.121. The molecule has 0 fully saturated rings. The van der Waals surface area contributed by atoms with E-state index in [0.717, 1.165) is 127 Å². The molecule has 560 valence electrons. The quantitative estimate of drug-likeness (QED) is 0.0169. The summed E-state index contributed by atoms with van der Waals surface area (Å²) in [5, 5.41) is 10.6. The number of phosphoric acid groups is 2. The molecule has 0 heterocycles. The fraction of sp³-hybridized carbons (Fsp3) is 0.895. The van der Waals surface area contributed by atoms with Crippen LogP contribution < -0.4 is 0 Å². The number of hydrogen-bond acceptors (Lipinski definition) is 15. The van der Waals surface area contributed by atoms with Gasteiger partial charge >= 0.3 is 39.5 Å². The molecule has 0 aliphatic heterocycles. The van der Waals surface area contributed by atoms with Gasteiger partial charge in [-0.3, -0.25) is 37.3 Å². The summed E-state index contributed by atoms with van der Waals surface area (Å²) in [5.41, 5.74) is 0. The number of aliphatic hydroxyl groups is 1. The van der Waals surface area contributed by atoms with Gasteiger partial charge in [0.25, 0.3) is 0 Å². The normalized spacial score (nSPS) is 14.5. The summed E-state index contributed by atoms with van der Waals surface area (Å²) in [7, 11) is -9.92. The van der Waals surface area contributed by atoms with E-state index in [0.29, 0.717) is 31.6 Å². The first-order valence-electron chi connectivity index (χ1n) is 38.7. The van der Waals surface area contributed by atoms with Crippen LogP contribution in [-0.2, 0) is 65.4 Å². The highest BCUT2D eigenvalue weighted by atomic mass is 31.2. The van der Waals surface area contributed by atoms with Gasteiger partial charge in [-0.25, -0.2) is 9.13 Å². The molecule has 0 saturated heterocycles. The van der Waals surface area contributed by atoms with E-state index in [4.69, 9.17) is 37.0 Å². The van der Waals surface area contributed by atoms with E-state index in [1.165, 1.54) is 148 Å². The summed E-state index contributed by atoms with van der Waals surface area (Å²) in [6, 6.07) is 0. The van der Waals surface area contributed by atoms with Crippen LogP contribution in [-0.4, -0.2) is 96.7 Å². The maximum absolute atomic E-state index is 13.1. The molecule has 0 aromatic heterocycles. The second-order valence-electron chi connectivity index (χ2n) is 27.9. The van der Waals surface area contributed by atoms with Gasteiger partial charge in [-0.2, -0.15) is 0 Å². The highest BCUT2D eigenvalue weighted by Crippen LogP contribution is 2.45. The first kappa shape index (κ1) is 92.5. The molecule has 0 saturated carbocycles. The Morgan fingerprint density at radius 2 is 0.621 bits per heavy atom. The maximum Gasteiger partial charge on any atom is 0.472 e. The molecule has 6 atom stereocenters. The van der Waals surface area contributed by atoms with Crippen LogP contribution in [0.1, 0.15) is 363 Å². The van der Waals surface area contributed by atoms with Crippen molar-refractivity contribution in [2.75, 3.05) is 39.6 Å². The molecule has 0 spiro atoms. The first-order chi connectivity index (χ1) is 45.8. The standard InChI is InChI=1S/C76H144O17P2/c1-8-10-11-12-13-14-15-16-17-21-24-30-35-43-50-57-73(78)86-63-71(92-76(81)60-53-46-37-32-27-26-29-34-42-49-56-69(7)9-2)65-90-94(82,83)88-61-70(77)62-89-95(84,85)91-66-72(64-87-74(79)58-51-44-39-38-41-48-55-68(5)6)93-75(80)59-52-45-36-31-25-22-19-18-20-23-28-33-40-47-54-67(3)4/h14-17,67-72,77H,8-13,18-66H2,1-7H3,(H,82,83)(H,84,85)/b15-14-,17-16-/t69?,70-,71-,72-/m1/s1. The van der Waals surface area contributed by atoms with Gasteiger partial charge in [-0.05, 0) is 69.1 Å². The first-order valence-corrected chi connectivity index (χ1v) is 41.7. The molecule has 3 unspecified atom stereocenters. The summed E-state index contributed by atoms with van der Waals surface area (Å²) in [4.78, 5) is 72.8. The molecule has 0 bridgehead atoms. The fourth-order valence-corrected chi connectivity index (χ4v) is 12.6. The lowest BCUT2D eigenvalue weighted by Gasteiger charge is -2.21. The zero-order valence-electron chi connectivity index (χ0n) is 61.6. The third kappa shape index (κ3) is 68.5. The zero-order chi connectivity index (χ0) is 70.1. The van der Waals surface area contributed by atoms with Crippen molar-refractivity contribution in [1.29, 1.82) is 0 Å². The predicted molar refractivity (Wildman–Crippen MR) is 386 cm³/mol. The van der Waals surface area contributed by atoms with Crippen molar-refractivity contribution < 1.29 is 80.2 Å². The molecule has 17 nitrogen and oxygen atoms in total. The molecular weight excluding hydrogens is 1250 g/mol. The average molecular weight is 1390 g/mol. The molecule has 0 aliphatic carbocycles. The molecule has 0 aliphatic rings. The molecule has 0 aromatic carbocycles. The van der Waals surface area contributed by atoms with Crippen LogP contribution >= 0.6 is 15.6 Å². The number of hydrogen-bond donors (Lipinski definition) is 3. The lowest BCUT2D eigenvalue weighted by atomic mass is 9.99. The summed E-state index contributed by atoms with van der Waals surface area (Å²) in [6.07, 6.45) is 55.0. The number of unbranched alkanes of at least 4 members (excludes halogenated alkanes) is 36. The number of phosphoric ester groups is 2. The van der Waals surface area contributed by atoms with E-state index >= 15 is 0 Å². The van der Waals surface area contributed by atoms with Crippen molar-refractivity contribution in [1.82, 2.24) is 0 Å². The smallest absolute Gasteiger partial charge is 0.462 e. The van der Waals surface area contributed by atoms with Crippen LogP contribution in [0.2, 0.25) is 0 Å². The number of carbonyl (C=O) groups excluding carboxylic acids is 4. The van der Waals surface area contributed by atoms with Gasteiger partial charge in [0.1, 0.15) is 19.3 Å². The van der Waals surface area contributed by atoms with E-state index in [1.807, 2.05) is 0 Å². The van der Waals surface area contributed by atoms with E-state index in [9.17, 15) is 43.2 Å². The largest absolute Gasteiger partial charge is 0.472 e. The molecule has 0 rings (SSSR count). The number of aliphatic hydroxyl groups excluding tert-OH is 1. The van der Waals surface area contributed by atoms with Gasteiger partial charge in [0.05, 0.1) is 26.4 Å². The number of ether oxygens (including phenoxy) is 4. The lowest BCUT2D eigenvalue weighted by Crippen LogP contribution is -2.30. The summed E-state index contributed by atoms with van der Waals surface area (Å²) < 4.78 is 68.5. The van der Waals surface area contributed by atoms with Gasteiger partial charge in [0.2, 0.25) is 0 Å². The Morgan fingerprint density at radius 3 is 0.937 bits per heavy atom. The van der Waals surface area contributed by atoms with Gasteiger partial charge in [0, 0.05) is 25.7 Å². The lowest BCUT2D eigenvalue weighted by molar-refractivity contribution is -0.161. The summed E-state index contributed by atoms with van der Waals surface area (Å²) >= 11 is 0. The molecule has 0 amide bonds.